The molecule has 1 aromatic heterocycles. The lowest BCUT2D eigenvalue weighted by atomic mass is 10.0. The van der Waals surface area contributed by atoms with E-state index in [0.29, 0.717) is 42.3 Å². The number of anilines is 1. The lowest BCUT2D eigenvalue weighted by Gasteiger charge is -2.27. The maximum Gasteiger partial charge on any atom is 0.257 e. The molecule has 8 nitrogen and oxygen atoms in total. The zero-order valence-corrected chi connectivity index (χ0v) is 25.7. The SMILES string of the molecule is CCCCN(CC)S(=O)(=O)c1ccc(C(=O)Nc2sc3c(c2C(=O)N(CCC)CCC)CCN(CC)C3)cc1. The van der Waals surface area contributed by atoms with E-state index in [0.717, 1.165) is 62.2 Å². The zero-order valence-electron chi connectivity index (χ0n) is 24.1. The second-order valence-electron chi connectivity index (χ2n) is 9.95. The van der Waals surface area contributed by atoms with Crippen LogP contribution in [0.3, 0.4) is 0 Å². The molecule has 3 rings (SSSR count). The van der Waals surface area contributed by atoms with Gasteiger partial charge in [0.1, 0.15) is 5.00 Å². The highest BCUT2D eigenvalue weighted by molar-refractivity contribution is 7.89. The van der Waals surface area contributed by atoms with Crippen LogP contribution in [0.15, 0.2) is 29.2 Å². The molecule has 0 fully saturated rings. The van der Waals surface area contributed by atoms with Crippen molar-refractivity contribution in [3.8, 4) is 0 Å². The second kappa shape index (κ2) is 14.4. The van der Waals surface area contributed by atoms with Crippen molar-refractivity contribution in [1.29, 1.82) is 0 Å². The van der Waals surface area contributed by atoms with E-state index in [-0.39, 0.29) is 16.7 Å². The Kier molecular flexibility index (Phi) is 11.5. The maximum atomic E-state index is 13.8. The van der Waals surface area contributed by atoms with Crippen molar-refractivity contribution in [2.24, 2.45) is 0 Å². The largest absolute Gasteiger partial charge is 0.339 e. The standard InChI is InChI=1S/C29H44N4O4S2/c1-6-11-19-33(10-5)39(36,37)23-14-12-22(13-15-23)27(34)30-28-26(29(35)32(17-7-2)18-8-3)24-16-20-31(9-4)21-25(24)38-28/h12-15H,6-11,16-21H2,1-5H3,(H,30,34). The first-order chi connectivity index (χ1) is 18.7. The topological polar surface area (TPSA) is 90.0 Å². The molecule has 39 heavy (non-hydrogen) atoms. The van der Waals surface area contributed by atoms with Crippen molar-refractivity contribution in [2.45, 2.75) is 78.2 Å². The Morgan fingerprint density at radius 1 is 0.974 bits per heavy atom. The molecule has 0 unspecified atom stereocenters. The first-order valence-electron chi connectivity index (χ1n) is 14.3. The third-order valence-corrected chi connectivity index (χ3v) is 10.3. The van der Waals surface area contributed by atoms with Gasteiger partial charge in [0.05, 0.1) is 10.5 Å². The first-order valence-corrected chi connectivity index (χ1v) is 16.5. The van der Waals surface area contributed by atoms with Crippen molar-refractivity contribution in [3.05, 3.63) is 45.8 Å². The zero-order chi connectivity index (χ0) is 28.6. The molecule has 0 radical (unpaired) electrons. The molecule has 0 atom stereocenters. The fourth-order valence-electron chi connectivity index (χ4n) is 4.94. The van der Waals surface area contributed by atoms with Gasteiger partial charge < -0.3 is 10.2 Å². The quantitative estimate of drug-likeness (QED) is 0.323. The van der Waals surface area contributed by atoms with Crippen molar-refractivity contribution in [2.75, 3.05) is 44.6 Å². The molecule has 1 aromatic carbocycles. The molecule has 1 aliphatic rings. The fraction of sp³-hybridized carbons (Fsp3) is 0.586. The Bertz CT molecular complexity index is 1220. The Hall–Kier alpha value is -2.27. The molecule has 1 N–H and O–H groups in total. The molecular weight excluding hydrogens is 532 g/mol. The predicted octanol–water partition coefficient (Wildman–Crippen LogP) is 5.45. The number of nitrogens with zero attached hydrogens (tertiary/aromatic N) is 3. The van der Waals surface area contributed by atoms with Crippen LogP contribution in [0, 0.1) is 0 Å². The normalized spacial score (nSPS) is 13.9. The van der Waals surface area contributed by atoms with Crippen LogP contribution < -0.4 is 5.32 Å². The van der Waals surface area contributed by atoms with Crippen molar-refractivity contribution < 1.29 is 18.0 Å². The monoisotopic (exact) mass is 576 g/mol. The number of sulfonamides is 1. The number of amides is 2. The summed E-state index contributed by atoms with van der Waals surface area (Å²) in [7, 11) is -3.62. The third kappa shape index (κ3) is 7.28. The molecule has 0 saturated carbocycles. The van der Waals surface area contributed by atoms with Crippen LogP contribution >= 0.6 is 11.3 Å². The Balaban J connectivity index is 1.89. The highest BCUT2D eigenvalue weighted by atomic mass is 32.2. The minimum atomic E-state index is -3.62. The predicted molar refractivity (Wildman–Crippen MR) is 159 cm³/mol. The number of nitrogens with one attached hydrogen (secondary N) is 1. The number of thiophene rings is 1. The smallest absolute Gasteiger partial charge is 0.257 e. The molecule has 0 aliphatic carbocycles. The average Bonchev–Trinajstić information content (AvgIpc) is 3.29. The summed E-state index contributed by atoms with van der Waals surface area (Å²) in [6.07, 6.45) is 4.22. The van der Waals surface area contributed by atoms with Crippen molar-refractivity contribution >= 4 is 38.2 Å². The van der Waals surface area contributed by atoms with E-state index in [1.807, 2.05) is 18.7 Å². The van der Waals surface area contributed by atoms with Crippen LogP contribution in [0.4, 0.5) is 5.00 Å². The van der Waals surface area contributed by atoms with Gasteiger partial charge in [0.15, 0.2) is 0 Å². The Labute approximate surface area is 238 Å². The summed E-state index contributed by atoms with van der Waals surface area (Å²) in [6, 6.07) is 6.08. The molecule has 0 bridgehead atoms. The van der Waals surface area contributed by atoms with Gasteiger partial charge in [-0.25, -0.2) is 8.42 Å². The van der Waals surface area contributed by atoms with Gasteiger partial charge in [-0.15, -0.1) is 11.3 Å². The van der Waals surface area contributed by atoms with E-state index in [1.165, 1.54) is 27.8 Å². The summed E-state index contributed by atoms with van der Waals surface area (Å²) < 4.78 is 27.6. The van der Waals surface area contributed by atoms with Gasteiger partial charge in [-0.1, -0.05) is 41.0 Å². The molecule has 0 saturated heterocycles. The van der Waals surface area contributed by atoms with Crippen molar-refractivity contribution in [3.63, 3.8) is 0 Å². The number of hydrogen-bond donors (Lipinski definition) is 1. The van der Waals surface area contributed by atoms with Crippen LogP contribution in [0.1, 0.15) is 91.5 Å². The maximum absolute atomic E-state index is 13.8. The van der Waals surface area contributed by atoms with Crippen LogP contribution in [0.25, 0.3) is 0 Å². The van der Waals surface area contributed by atoms with E-state index in [2.05, 4.69) is 31.0 Å². The van der Waals surface area contributed by atoms with Crippen LogP contribution in [0.5, 0.6) is 0 Å². The minimum absolute atomic E-state index is 0.0235. The molecule has 2 heterocycles. The summed E-state index contributed by atoms with van der Waals surface area (Å²) in [6.45, 7) is 14.9. The lowest BCUT2D eigenvalue weighted by Crippen LogP contribution is -2.35. The summed E-state index contributed by atoms with van der Waals surface area (Å²) in [5.74, 6) is -0.376. The molecule has 216 valence electrons. The van der Waals surface area contributed by atoms with E-state index >= 15 is 0 Å². The van der Waals surface area contributed by atoms with Crippen LogP contribution in [-0.2, 0) is 23.0 Å². The van der Waals surface area contributed by atoms with E-state index in [9.17, 15) is 18.0 Å². The molecule has 1 aliphatic heterocycles. The highest BCUT2D eigenvalue weighted by Gasteiger charge is 2.31. The summed E-state index contributed by atoms with van der Waals surface area (Å²) in [5.41, 5.74) is 2.02. The lowest BCUT2D eigenvalue weighted by molar-refractivity contribution is 0.0755. The molecule has 2 amide bonds. The van der Waals surface area contributed by atoms with Gasteiger partial charge in [0.25, 0.3) is 11.8 Å². The third-order valence-electron chi connectivity index (χ3n) is 7.17. The summed E-state index contributed by atoms with van der Waals surface area (Å²) >= 11 is 1.48. The van der Waals surface area contributed by atoms with Crippen LogP contribution in [-0.4, -0.2) is 73.6 Å². The number of rotatable bonds is 14. The number of carbonyl (C=O) groups is 2. The first kappa shape index (κ1) is 31.3. The summed E-state index contributed by atoms with van der Waals surface area (Å²) in [4.78, 5) is 32.6. The number of fused-ring (bicyclic) bond motifs is 1. The fourth-order valence-corrected chi connectivity index (χ4v) is 7.70. The highest BCUT2D eigenvalue weighted by Crippen LogP contribution is 2.38. The van der Waals surface area contributed by atoms with E-state index in [1.54, 1.807) is 12.1 Å². The van der Waals surface area contributed by atoms with Crippen molar-refractivity contribution in [1.82, 2.24) is 14.1 Å². The van der Waals surface area contributed by atoms with Gasteiger partial charge in [0, 0.05) is 49.7 Å². The Morgan fingerprint density at radius 2 is 1.64 bits per heavy atom. The molecular formula is C29H44N4O4S2. The van der Waals surface area contributed by atoms with Gasteiger partial charge in [0.2, 0.25) is 10.0 Å². The summed E-state index contributed by atoms with van der Waals surface area (Å²) in [5, 5.41) is 3.59. The van der Waals surface area contributed by atoms with E-state index in [4.69, 9.17) is 0 Å². The van der Waals surface area contributed by atoms with Gasteiger partial charge >= 0.3 is 0 Å². The molecule has 0 spiro atoms. The van der Waals surface area contributed by atoms with E-state index < -0.39 is 10.0 Å². The number of benzene rings is 1. The number of carbonyl (C=O) groups excluding carboxylic acids is 2. The molecule has 2 aromatic rings. The minimum Gasteiger partial charge on any atom is -0.339 e. The van der Waals surface area contributed by atoms with Crippen LogP contribution in [0.2, 0.25) is 0 Å². The average molecular weight is 577 g/mol. The van der Waals surface area contributed by atoms with Gasteiger partial charge in [-0.05, 0) is 62.1 Å². The Morgan fingerprint density at radius 3 is 2.21 bits per heavy atom. The second-order valence-corrected chi connectivity index (χ2v) is 13.0. The molecule has 10 heteroatoms. The number of hydrogen-bond acceptors (Lipinski definition) is 6. The van der Waals surface area contributed by atoms with Gasteiger partial charge in [-0.2, -0.15) is 4.31 Å². The number of unbranched alkanes of at least 4 members (excludes halogenated alkanes) is 1. The number of likely N-dealkylation sites (N-methyl/N-ethyl adjacent to an activating group) is 1. The van der Waals surface area contributed by atoms with Gasteiger partial charge in [-0.3, -0.25) is 14.5 Å².